The van der Waals surface area contributed by atoms with Gasteiger partial charge in [0.1, 0.15) is 23.2 Å². The SMILES string of the molecule is Cc1ccc(-c2noc3ncnc(NC(C)C)c23)cc1. The molecule has 0 atom stereocenters. The summed E-state index contributed by atoms with van der Waals surface area (Å²) in [5.41, 5.74) is 3.47. The van der Waals surface area contributed by atoms with Gasteiger partial charge in [0.25, 0.3) is 5.71 Å². The summed E-state index contributed by atoms with van der Waals surface area (Å²) in [6.07, 6.45) is 1.48. The second kappa shape index (κ2) is 4.92. The first-order valence-electron chi connectivity index (χ1n) is 6.59. The Kier molecular flexibility index (Phi) is 3.10. The molecule has 0 amide bonds. The van der Waals surface area contributed by atoms with E-state index in [1.54, 1.807) is 0 Å². The Morgan fingerprint density at radius 3 is 2.55 bits per heavy atom. The second-order valence-electron chi connectivity index (χ2n) is 5.10. The summed E-state index contributed by atoms with van der Waals surface area (Å²) in [6.45, 7) is 6.18. The zero-order chi connectivity index (χ0) is 14.1. The first-order chi connectivity index (χ1) is 9.65. The third-order valence-corrected chi connectivity index (χ3v) is 3.02. The number of nitrogens with one attached hydrogen (secondary N) is 1. The van der Waals surface area contributed by atoms with Gasteiger partial charge in [0, 0.05) is 11.6 Å². The molecule has 0 aliphatic heterocycles. The molecule has 1 aromatic carbocycles. The van der Waals surface area contributed by atoms with E-state index in [0.29, 0.717) is 5.71 Å². The van der Waals surface area contributed by atoms with E-state index in [1.165, 1.54) is 11.9 Å². The topological polar surface area (TPSA) is 63.8 Å². The fourth-order valence-corrected chi connectivity index (χ4v) is 2.08. The van der Waals surface area contributed by atoms with Crippen molar-refractivity contribution in [3.05, 3.63) is 36.2 Å². The van der Waals surface area contributed by atoms with Gasteiger partial charge in [-0.2, -0.15) is 4.98 Å². The van der Waals surface area contributed by atoms with Gasteiger partial charge in [0.05, 0.1) is 0 Å². The first-order valence-corrected chi connectivity index (χ1v) is 6.59. The Morgan fingerprint density at radius 1 is 1.10 bits per heavy atom. The number of benzene rings is 1. The molecule has 2 heterocycles. The largest absolute Gasteiger partial charge is 0.367 e. The Morgan fingerprint density at radius 2 is 1.85 bits per heavy atom. The van der Waals surface area contributed by atoms with Crippen molar-refractivity contribution in [1.29, 1.82) is 0 Å². The van der Waals surface area contributed by atoms with Crippen LogP contribution in [0.3, 0.4) is 0 Å². The molecular weight excluding hydrogens is 252 g/mol. The predicted molar refractivity (Wildman–Crippen MR) is 78.5 cm³/mol. The highest BCUT2D eigenvalue weighted by atomic mass is 16.5. The molecule has 102 valence electrons. The van der Waals surface area contributed by atoms with Gasteiger partial charge in [-0.3, -0.25) is 0 Å². The molecule has 5 nitrogen and oxygen atoms in total. The monoisotopic (exact) mass is 268 g/mol. The Hall–Kier alpha value is -2.43. The molecule has 0 bridgehead atoms. The van der Waals surface area contributed by atoms with Crippen molar-refractivity contribution < 1.29 is 4.52 Å². The summed E-state index contributed by atoms with van der Waals surface area (Å²) in [6, 6.07) is 8.43. The lowest BCUT2D eigenvalue weighted by Gasteiger charge is -2.09. The third-order valence-electron chi connectivity index (χ3n) is 3.02. The number of aromatic nitrogens is 3. The molecule has 0 saturated carbocycles. The van der Waals surface area contributed by atoms with Crippen molar-refractivity contribution in [2.75, 3.05) is 5.32 Å². The zero-order valence-corrected chi connectivity index (χ0v) is 11.7. The normalized spacial score (nSPS) is 11.2. The van der Waals surface area contributed by atoms with Crippen LogP contribution in [0.5, 0.6) is 0 Å². The van der Waals surface area contributed by atoms with Crippen LogP contribution in [0, 0.1) is 6.92 Å². The fraction of sp³-hybridized carbons (Fsp3) is 0.267. The van der Waals surface area contributed by atoms with Crippen molar-refractivity contribution >= 4 is 16.9 Å². The molecule has 20 heavy (non-hydrogen) atoms. The Labute approximate surface area is 117 Å². The van der Waals surface area contributed by atoms with Gasteiger partial charge < -0.3 is 9.84 Å². The van der Waals surface area contributed by atoms with Gasteiger partial charge >= 0.3 is 0 Å². The van der Waals surface area contributed by atoms with Crippen molar-refractivity contribution in [3.63, 3.8) is 0 Å². The Balaban J connectivity index is 2.18. The lowest BCUT2D eigenvalue weighted by atomic mass is 10.1. The predicted octanol–water partition coefficient (Wildman–Crippen LogP) is 3.41. The van der Waals surface area contributed by atoms with Crippen LogP contribution in [0.2, 0.25) is 0 Å². The second-order valence-corrected chi connectivity index (χ2v) is 5.10. The number of fused-ring (bicyclic) bond motifs is 1. The van der Waals surface area contributed by atoms with Crippen LogP contribution in [0.4, 0.5) is 5.82 Å². The fourth-order valence-electron chi connectivity index (χ4n) is 2.08. The number of rotatable bonds is 3. The highest BCUT2D eigenvalue weighted by molar-refractivity contribution is 5.97. The lowest BCUT2D eigenvalue weighted by molar-refractivity contribution is 0.451. The number of aryl methyl sites for hydroxylation is 1. The van der Waals surface area contributed by atoms with Crippen molar-refractivity contribution in [1.82, 2.24) is 15.1 Å². The summed E-state index contributed by atoms with van der Waals surface area (Å²) >= 11 is 0. The van der Waals surface area contributed by atoms with E-state index in [0.717, 1.165) is 22.5 Å². The average Bonchev–Trinajstić information content (AvgIpc) is 2.84. The van der Waals surface area contributed by atoms with Crippen molar-refractivity contribution in [2.45, 2.75) is 26.8 Å². The summed E-state index contributed by atoms with van der Waals surface area (Å²) < 4.78 is 5.31. The maximum Gasteiger partial charge on any atom is 0.263 e. The molecule has 3 aromatic rings. The van der Waals surface area contributed by atoms with Gasteiger partial charge in [0.15, 0.2) is 0 Å². The molecule has 0 spiro atoms. The lowest BCUT2D eigenvalue weighted by Crippen LogP contribution is -2.11. The van der Waals surface area contributed by atoms with Crippen LogP contribution >= 0.6 is 0 Å². The van der Waals surface area contributed by atoms with Gasteiger partial charge in [-0.05, 0) is 20.8 Å². The number of hydrogen-bond donors (Lipinski definition) is 1. The van der Waals surface area contributed by atoms with Crippen LogP contribution in [0.25, 0.3) is 22.4 Å². The van der Waals surface area contributed by atoms with E-state index in [4.69, 9.17) is 4.52 Å². The van der Waals surface area contributed by atoms with Crippen molar-refractivity contribution in [2.24, 2.45) is 0 Å². The maximum atomic E-state index is 5.31. The maximum absolute atomic E-state index is 5.31. The van der Waals surface area contributed by atoms with Gasteiger partial charge in [-0.15, -0.1) is 0 Å². The number of nitrogens with zero attached hydrogens (tertiary/aromatic N) is 3. The van der Waals surface area contributed by atoms with Crippen LogP contribution in [-0.4, -0.2) is 21.2 Å². The number of anilines is 1. The molecule has 0 saturated heterocycles. The highest BCUT2D eigenvalue weighted by Gasteiger charge is 2.16. The van der Waals surface area contributed by atoms with Gasteiger partial charge in [-0.1, -0.05) is 35.0 Å². The zero-order valence-electron chi connectivity index (χ0n) is 11.7. The van der Waals surface area contributed by atoms with E-state index in [2.05, 4.69) is 53.3 Å². The van der Waals surface area contributed by atoms with E-state index in [9.17, 15) is 0 Å². The summed E-state index contributed by atoms with van der Waals surface area (Å²) in [4.78, 5) is 8.43. The van der Waals surface area contributed by atoms with E-state index >= 15 is 0 Å². The third kappa shape index (κ3) is 2.22. The summed E-state index contributed by atoms with van der Waals surface area (Å²) in [5, 5.41) is 8.27. The molecule has 0 unspecified atom stereocenters. The van der Waals surface area contributed by atoms with Crippen LogP contribution in [-0.2, 0) is 0 Å². The minimum absolute atomic E-state index is 0.272. The van der Waals surface area contributed by atoms with E-state index in [-0.39, 0.29) is 6.04 Å². The van der Waals surface area contributed by atoms with Crippen LogP contribution in [0.1, 0.15) is 19.4 Å². The first kappa shape index (κ1) is 12.6. The molecule has 2 aromatic heterocycles. The standard InChI is InChI=1S/C15H16N4O/c1-9(2)18-14-12-13(11-6-4-10(3)5-7-11)19-20-15(12)17-8-16-14/h4-9H,1-3H3,(H,16,17,18). The molecule has 1 N–H and O–H groups in total. The van der Waals surface area contributed by atoms with Crippen molar-refractivity contribution in [3.8, 4) is 11.3 Å². The molecule has 0 aliphatic carbocycles. The number of hydrogen-bond acceptors (Lipinski definition) is 5. The molecule has 5 heteroatoms. The average molecular weight is 268 g/mol. The molecule has 0 aliphatic rings. The molecule has 0 fully saturated rings. The molecule has 3 rings (SSSR count). The minimum atomic E-state index is 0.272. The quantitative estimate of drug-likeness (QED) is 0.788. The van der Waals surface area contributed by atoms with E-state index in [1.807, 2.05) is 12.1 Å². The van der Waals surface area contributed by atoms with Gasteiger partial charge in [-0.25, -0.2) is 4.98 Å². The Bertz CT molecular complexity index is 731. The minimum Gasteiger partial charge on any atom is -0.367 e. The summed E-state index contributed by atoms with van der Waals surface area (Å²) in [7, 11) is 0. The van der Waals surface area contributed by atoms with Gasteiger partial charge in [0.2, 0.25) is 0 Å². The molecular formula is C15H16N4O. The molecule has 0 radical (unpaired) electrons. The van der Waals surface area contributed by atoms with Crippen LogP contribution in [0.15, 0.2) is 35.1 Å². The van der Waals surface area contributed by atoms with Crippen LogP contribution < -0.4 is 5.32 Å². The highest BCUT2D eigenvalue weighted by Crippen LogP contribution is 2.31. The summed E-state index contributed by atoms with van der Waals surface area (Å²) in [5.74, 6) is 0.752. The smallest absolute Gasteiger partial charge is 0.263 e. The van der Waals surface area contributed by atoms with E-state index < -0.39 is 0 Å².